The van der Waals surface area contributed by atoms with Crippen molar-refractivity contribution in [3.8, 4) is 0 Å². The summed E-state index contributed by atoms with van der Waals surface area (Å²) in [6.07, 6.45) is 3.04. The summed E-state index contributed by atoms with van der Waals surface area (Å²) < 4.78 is 0. The zero-order valence-electron chi connectivity index (χ0n) is 8.26. The Bertz CT molecular complexity index is 555. The SMILES string of the molecule is [Pd+][I].[c-]1nc2ccccc2c2ccccc12. The van der Waals surface area contributed by atoms with E-state index in [0.717, 1.165) is 10.9 Å². The smallest absolute Gasteiger partial charge is 0.0137 e. The molecule has 0 spiro atoms. The number of rotatable bonds is 0. The van der Waals surface area contributed by atoms with Crippen LogP contribution in [0.15, 0.2) is 48.5 Å². The normalized spacial score (nSPS) is 9.94. The third kappa shape index (κ3) is 2.27. The van der Waals surface area contributed by atoms with Gasteiger partial charge in [-0.15, -0.1) is 17.5 Å². The molecular formula is C13H8INPd. The van der Waals surface area contributed by atoms with Crippen molar-refractivity contribution in [3.63, 3.8) is 0 Å². The largest absolute Gasteiger partial charge is 0.352 e. The van der Waals surface area contributed by atoms with Crippen LogP contribution in [-0.4, -0.2) is 4.98 Å². The molecule has 0 amide bonds. The van der Waals surface area contributed by atoms with Gasteiger partial charge in [0.2, 0.25) is 0 Å². The second-order valence-electron chi connectivity index (χ2n) is 3.29. The zero-order valence-corrected chi connectivity index (χ0v) is 12.0. The molecule has 1 heterocycles. The minimum absolute atomic E-state index is 1.01. The minimum atomic E-state index is 1.01. The maximum Gasteiger partial charge on any atom is -0.0137 e. The van der Waals surface area contributed by atoms with Crippen molar-refractivity contribution in [2.45, 2.75) is 0 Å². The fourth-order valence-electron chi connectivity index (χ4n) is 1.73. The van der Waals surface area contributed by atoms with E-state index >= 15 is 0 Å². The maximum atomic E-state index is 4.28. The van der Waals surface area contributed by atoms with Crippen molar-refractivity contribution in [2.75, 3.05) is 0 Å². The Morgan fingerprint density at radius 3 is 2.31 bits per heavy atom. The molecule has 1 aromatic heterocycles. The second-order valence-corrected chi connectivity index (χ2v) is 3.29. The molecule has 0 bridgehead atoms. The number of pyridine rings is 1. The Kier molecular flexibility index (Phi) is 4.28. The van der Waals surface area contributed by atoms with E-state index in [0.29, 0.717) is 0 Å². The number of para-hydroxylation sites is 1. The summed E-state index contributed by atoms with van der Waals surface area (Å²) in [6.45, 7) is 0. The average molecular weight is 412 g/mol. The zero-order chi connectivity index (χ0) is 11.4. The van der Waals surface area contributed by atoms with Gasteiger partial charge in [0.25, 0.3) is 0 Å². The molecule has 3 rings (SSSR count). The second kappa shape index (κ2) is 5.72. The van der Waals surface area contributed by atoms with Crippen molar-refractivity contribution in [2.24, 2.45) is 0 Å². The Balaban J connectivity index is 0.000000457. The van der Waals surface area contributed by atoms with Gasteiger partial charge < -0.3 is 4.98 Å². The molecule has 0 aliphatic carbocycles. The van der Waals surface area contributed by atoms with E-state index in [1.807, 2.05) is 55.9 Å². The van der Waals surface area contributed by atoms with Crippen molar-refractivity contribution in [1.82, 2.24) is 4.98 Å². The number of aromatic nitrogens is 1. The predicted octanol–water partition coefficient (Wildman–Crippen LogP) is 4.07. The summed E-state index contributed by atoms with van der Waals surface area (Å²) in [4.78, 5) is 4.28. The van der Waals surface area contributed by atoms with Gasteiger partial charge in [0.05, 0.1) is 0 Å². The summed E-state index contributed by atoms with van der Waals surface area (Å²) in [7, 11) is 0. The van der Waals surface area contributed by atoms with Crippen LogP contribution in [0.25, 0.3) is 21.7 Å². The molecule has 0 unspecified atom stereocenters. The fraction of sp³-hybridized carbons (Fsp3) is 0. The third-order valence-corrected chi connectivity index (χ3v) is 2.42. The minimum Gasteiger partial charge on any atom is -0.352 e. The average Bonchev–Trinajstić information content (AvgIpc) is 2.41. The van der Waals surface area contributed by atoms with E-state index in [4.69, 9.17) is 0 Å². The summed E-state index contributed by atoms with van der Waals surface area (Å²) in [5.41, 5.74) is 1.01. The quantitative estimate of drug-likeness (QED) is 0.235. The van der Waals surface area contributed by atoms with Crippen molar-refractivity contribution >= 4 is 41.2 Å². The van der Waals surface area contributed by atoms with E-state index in [1.165, 1.54) is 10.8 Å². The van der Waals surface area contributed by atoms with E-state index in [1.54, 1.807) is 0 Å². The first-order valence-corrected chi connectivity index (χ1v) is 9.35. The van der Waals surface area contributed by atoms with Crippen LogP contribution < -0.4 is 0 Å². The summed E-state index contributed by atoms with van der Waals surface area (Å²) >= 11 is 4.72. The molecule has 3 aromatic rings. The Morgan fingerprint density at radius 1 is 0.875 bits per heavy atom. The standard InChI is InChI=1S/C13H8N.HI.Pd/c1-2-6-11-10(5-1)9-14-13-8-4-3-7-12(11)13;;/h1-8H;1H;/q-1;;+2/p-1. The summed E-state index contributed by atoms with van der Waals surface area (Å²) in [6, 6.07) is 16.3. The summed E-state index contributed by atoms with van der Waals surface area (Å²) in [5.74, 6) is 0. The van der Waals surface area contributed by atoms with Gasteiger partial charge in [-0.05, 0) is 11.7 Å². The van der Waals surface area contributed by atoms with Crippen molar-refractivity contribution < 1.29 is 15.6 Å². The molecule has 1 nitrogen and oxygen atoms in total. The van der Waals surface area contributed by atoms with Crippen LogP contribution in [0.1, 0.15) is 0 Å². The Hall–Kier alpha value is -0.498. The molecular weight excluding hydrogens is 403 g/mol. The van der Waals surface area contributed by atoms with Crippen LogP contribution in [0.2, 0.25) is 0 Å². The van der Waals surface area contributed by atoms with Crippen LogP contribution >= 0.6 is 19.5 Å². The molecule has 0 radical (unpaired) electrons. The number of fused-ring (bicyclic) bond motifs is 3. The molecule has 0 aliphatic rings. The van der Waals surface area contributed by atoms with Gasteiger partial charge in [-0.1, -0.05) is 47.2 Å². The monoisotopic (exact) mass is 411 g/mol. The van der Waals surface area contributed by atoms with Crippen LogP contribution in [-0.2, 0) is 15.6 Å². The van der Waals surface area contributed by atoms with Crippen molar-refractivity contribution in [1.29, 1.82) is 0 Å². The first kappa shape index (κ1) is 12.0. The molecule has 3 heteroatoms. The van der Waals surface area contributed by atoms with Gasteiger partial charge in [0.1, 0.15) is 0 Å². The molecule has 0 fully saturated rings. The van der Waals surface area contributed by atoms with E-state index in [-0.39, 0.29) is 0 Å². The van der Waals surface area contributed by atoms with Gasteiger partial charge in [0, 0.05) is 0 Å². The van der Waals surface area contributed by atoms with Gasteiger partial charge >= 0.3 is 35.1 Å². The Labute approximate surface area is 116 Å². The molecule has 0 aliphatic heterocycles. The number of hydrogen-bond acceptors (Lipinski definition) is 1. The number of benzene rings is 2. The maximum absolute atomic E-state index is 4.28. The van der Waals surface area contributed by atoms with Crippen LogP contribution in [0, 0.1) is 6.20 Å². The molecule has 2 aromatic carbocycles. The molecule has 16 heavy (non-hydrogen) atoms. The number of hydrogen-bond donors (Lipinski definition) is 0. The van der Waals surface area contributed by atoms with Crippen LogP contribution in [0.4, 0.5) is 0 Å². The Morgan fingerprint density at radius 2 is 1.50 bits per heavy atom. The molecule has 0 N–H and O–H groups in total. The molecule has 82 valence electrons. The van der Waals surface area contributed by atoms with Crippen LogP contribution in [0.3, 0.4) is 0 Å². The van der Waals surface area contributed by atoms with Gasteiger partial charge in [-0.25, -0.2) is 0 Å². The van der Waals surface area contributed by atoms with Crippen LogP contribution in [0.5, 0.6) is 0 Å². The van der Waals surface area contributed by atoms with Gasteiger partial charge in [0.15, 0.2) is 0 Å². The molecule has 0 atom stereocenters. The van der Waals surface area contributed by atoms with E-state index in [2.05, 4.69) is 38.9 Å². The molecule has 0 saturated carbocycles. The molecule has 0 saturated heterocycles. The fourth-order valence-corrected chi connectivity index (χ4v) is 1.73. The van der Waals surface area contributed by atoms with Gasteiger partial charge in [-0.2, -0.15) is 0 Å². The van der Waals surface area contributed by atoms with E-state index in [9.17, 15) is 0 Å². The van der Waals surface area contributed by atoms with E-state index < -0.39 is 0 Å². The number of nitrogens with zero attached hydrogens (tertiary/aromatic N) is 1. The van der Waals surface area contributed by atoms with Gasteiger partial charge in [-0.3, -0.25) is 0 Å². The predicted molar refractivity (Wildman–Crippen MR) is 72.1 cm³/mol. The third-order valence-electron chi connectivity index (χ3n) is 2.42. The first-order valence-electron chi connectivity index (χ1n) is 4.72. The summed E-state index contributed by atoms with van der Waals surface area (Å²) in [5, 5.41) is 3.49. The first-order chi connectivity index (χ1) is 7.95. The van der Waals surface area contributed by atoms with Crippen molar-refractivity contribution in [3.05, 3.63) is 54.7 Å². The number of halogens is 1. The topological polar surface area (TPSA) is 12.9 Å².